The van der Waals surface area contributed by atoms with Crippen molar-refractivity contribution in [3.8, 4) is 11.4 Å². The van der Waals surface area contributed by atoms with Crippen LogP contribution in [0.4, 0.5) is 11.6 Å². The highest BCUT2D eigenvalue weighted by atomic mass is 32.1. The van der Waals surface area contributed by atoms with Gasteiger partial charge in [0.05, 0.1) is 47.3 Å². The number of fused-ring (bicyclic) bond motifs is 2. The molecule has 1 fully saturated rings. The maximum Gasteiger partial charge on any atom is 0.276 e. The molecule has 0 aliphatic carbocycles. The van der Waals surface area contributed by atoms with Gasteiger partial charge < -0.3 is 19.9 Å². The molecule has 5 heterocycles. The number of pyridine rings is 1. The molecular formula is C28H29N9O4S. The number of benzene rings is 1. The Hall–Kier alpha value is -4.66. The van der Waals surface area contributed by atoms with Gasteiger partial charge in [0.1, 0.15) is 5.82 Å². The van der Waals surface area contributed by atoms with Gasteiger partial charge in [-0.05, 0) is 24.3 Å². The van der Waals surface area contributed by atoms with Gasteiger partial charge in [-0.15, -0.1) is 11.3 Å². The SMILES string of the molecule is CC(=O)NCCN(Cc1cc2nc(-c3cccc4[nH]ncc34)nc(N3CCOCC3)c2s1)c1ccc(C(=O)NO)cn1. The average Bonchev–Trinajstić information content (AvgIpc) is 3.67. The van der Waals surface area contributed by atoms with Gasteiger partial charge >= 0.3 is 0 Å². The van der Waals surface area contributed by atoms with Crippen molar-refractivity contribution in [3.63, 3.8) is 0 Å². The van der Waals surface area contributed by atoms with Crippen LogP contribution in [-0.2, 0) is 16.1 Å². The third kappa shape index (κ3) is 5.72. The zero-order valence-electron chi connectivity index (χ0n) is 22.8. The number of thiophene rings is 1. The van der Waals surface area contributed by atoms with Gasteiger partial charge in [0.25, 0.3) is 5.91 Å². The number of hydrogen-bond donors (Lipinski definition) is 4. The van der Waals surface area contributed by atoms with Crippen molar-refractivity contribution < 1.29 is 19.5 Å². The second-order valence-corrected chi connectivity index (χ2v) is 10.9. The zero-order valence-corrected chi connectivity index (χ0v) is 23.6. The maximum absolute atomic E-state index is 11.8. The summed E-state index contributed by atoms with van der Waals surface area (Å²) in [6.07, 6.45) is 3.20. The number of H-pyrrole nitrogens is 1. The third-order valence-corrected chi connectivity index (χ3v) is 8.08. The van der Waals surface area contributed by atoms with E-state index in [0.717, 1.165) is 50.5 Å². The Morgan fingerprint density at radius 3 is 2.79 bits per heavy atom. The number of hydroxylamine groups is 1. The van der Waals surface area contributed by atoms with Crippen molar-refractivity contribution in [3.05, 3.63) is 59.2 Å². The van der Waals surface area contributed by atoms with Crippen molar-refractivity contribution in [2.24, 2.45) is 0 Å². The summed E-state index contributed by atoms with van der Waals surface area (Å²) < 4.78 is 6.60. The number of hydrogen-bond acceptors (Lipinski definition) is 11. The van der Waals surface area contributed by atoms with Gasteiger partial charge in [0.15, 0.2) is 11.6 Å². The van der Waals surface area contributed by atoms with Crippen molar-refractivity contribution in [1.29, 1.82) is 0 Å². The summed E-state index contributed by atoms with van der Waals surface area (Å²) in [5, 5.41) is 20.0. The van der Waals surface area contributed by atoms with Gasteiger partial charge in [-0.25, -0.2) is 20.4 Å². The molecule has 42 heavy (non-hydrogen) atoms. The van der Waals surface area contributed by atoms with Crippen LogP contribution in [0.3, 0.4) is 0 Å². The molecule has 13 nitrogen and oxygen atoms in total. The minimum atomic E-state index is -0.639. The first-order valence-electron chi connectivity index (χ1n) is 13.5. The molecule has 0 spiro atoms. The normalized spacial score (nSPS) is 13.4. The standard InChI is InChI=1S/C28H29N9O4S/c1-17(38)29-7-8-37(24-6-5-18(14-30-24)28(39)35-40)16-19-13-23-25(42-19)27(36-9-11-41-12-10-36)33-26(32-23)20-3-2-4-22-21(20)15-31-34-22/h2-6,13-15,40H,7-12,16H2,1H3,(H,29,38)(H,31,34)(H,35,39). The number of anilines is 2. The van der Waals surface area contributed by atoms with Crippen molar-refractivity contribution in [1.82, 2.24) is 35.9 Å². The highest BCUT2D eigenvalue weighted by Crippen LogP contribution is 2.36. The maximum atomic E-state index is 11.8. The summed E-state index contributed by atoms with van der Waals surface area (Å²) in [6.45, 7) is 5.59. The van der Waals surface area contributed by atoms with Crippen LogP contribution in [0.5, 0.6) is 0 Å². The fourth-order valence-corrected chi connectivity index (χ4v) is 6.05. The van der Waals surface area contributed by atoms with E-state index in [4.69, 9.17) is 19.9 Å². The topological polar surface area (TPSA) is 161 Å². The first kappa shape index (κ1) is 27.5. The fourth-order valence-electron chi connectivity index (χ4n) is 4.92. The molecule has 14 heteroatoms. The smallest absolute Gasteiger partial charge is 0.276 e. The van der Waals surface area contributed by atoms with Gasteiger partial charge in [-0.2, -0.15) is 5.10 Å². The predicted octanol–water partition coefficient (Wildman–Crippen LogP) is 2.73. The first-order valence-corrected chi connectivity index (χ1v) is 14.3. The van der Waals surface area contributed by atoms with E-state index in [1.54, 1.807) is 35.1 Å². The number of morpholine rings is 1. The van der Waals surface area contributed by atoms with Crippen LogP contribution in [0.25, 0.3) is 32.5 Å². The lowest BCUT2D eigenvalue weighted by molar-refractivity contribution is -0.118. The molecule has 1 aliphatic heterocycles. The van der Waals surface area contributed by atoms with Crippen LogP contribution in [0, 0.1) is 0 Å². The molecule has 0 atom stereocenters. The predicted molar refractivity (Wildman–Crippen MR) is 159 cm³/mol. The molecule has 6 rings (SSSR count). The first-order chi connectivity index (χ1) is 20.5. The molecule has 1 aromatic carbocycles. The molecule has 5 aromatic rings. The number of amides is 2. The van der Waals surface area contributed by atoms with Gasteiger partial charge in [0, 0.05) is 55.1 Å². The Bertz CT molecular complexity index is 1730. The molecule has 2 amide bonds. The summed E-state index contributed by atoms with van der Waals surface area (Å²) in [4.78, 5) is 43.2. The van der Waals surface area contributed by atoms with E-state index < -0.39 is 5.91 Å². The Morgan fingerprint density at radius 1 is 1.17 bits per heavy atom. The van der Waals surface area contributed by atoms with Gasteiger partial charge in [-0.3, -0.25) is 19.9 Å². The van der Waals surface area contributed by atoms with Crippen molar-refractivity contribution >= 4 is 55.9 Å². The molecule has 216 valence electrons. The summed E-state index contributed by atoms with van der Waals surface area (Å²) in [5.74, 6) is 1.36. The van der Waals surface area contributed by atoms with Crippen LogP contribution in [-0.4, -0.2) is 81.6 Å². The molecule has 0 saturated carbocycles. The summed E-state index contributed by atoms with van der Waals surface area (Å²) in [7, 11) is 0. The quantitative estimate of drug-likeness (QED) is 0.149. The Labute approximate surface area is 244 Å². The third-order valence-electron chi connectivity index (χ3n) is 6.98. The minimum Gasteiger partial charge on any atom is -0.378 e. The van der Waals surface area contributed by atoms with Crippen molar-refractivity contribution in [2.75, 3.05) is 49.2 Å². The number of nitrogens with one attached hydrogen (secondary N) is 3. The number of carbonyl (C=O) groups is 2. The number of aromatic amines is 1. The number of nitrogens with zero attached hydrogens (tertiary/aromatic N) is 6. The molecule has 1 aliphatic rings. The molecule has 4 N–H and O–H groups in total. The van der Waals surface area contributed by atoms with Crippen LogP contribution in [0.1, 0.15) is 22.2 Å². The zero-order chi connectivity index (χ0) is 29.1. The molecular weight excluding hydrogens is 558 g/mol. The van der Waals surface area contributed by atoms with E-state index >= 15 is 0 Å². The van der Waals surface area contributed by atoms with Crippen LogP contribution >= 0.6 is 11.3 Å². The van der Waals surface area contributed by atoms with E-state index in [1.165, 1.54) is 13.1 Å². The molecule has 0 unspecified atom stereocenters. The minimum absolute atomic E-state index is 0.120. The number of carbonyl (C=O) groups excluding carboxylic acids is 2. The second kappa shape index (κ2) is 12.1. The number of rotatable bonds is 9. The summed E-state index contributed by atoms with van der Waals surface area (Å²) in [6, 6.07) is 11.3. The number of ether oxygens (including phenoxy) is 1. The molecule has 4 aromatic heterocycles. The van der Waals surface area contributed by atoms with E-state index in [1.807, 2.05) is 23.1 Å². The number of aromatic nitrogens is 5. The highest BCUT2D eigenvalue weighted by molar-refractivity contribution is 7.19. The monoisotopic (exact) mass is 587 g/mol. The highest BCUT2D eigenvalue weighted by Gasteiger charge is 2.22. The lowest BCUT2D eigenvalue weighted by atomic mass is 10.1. The summed E-state index contributed by atoms with van der Waals surface area (Å²) in [5.41, 5.74) is 4.51. The van der Waals surface area contributed by atoms with E-state index in [-0.39, 0.29) is 11.5 Å². The Kier molecular flexibility index (Phi) is 7.90. The van der Waals surface area contributed by atoms with Crippen molar-refractivity contribution in [2.45, 2.75) is 13.5 Å². The van der Waals surface area contributed by atoms with E-state index in [0.29, 0.717) is 44.5 Å². The molecule has 0 radical (unpaired) electrons. The lowest BCUT2D eigenvalue weighted by Crippen LogP contribution is -2.36. The average molecular weight is 588 g/mol. The largest absolute Gasteiger partial charge is 0.378 e. The molecule has 0 bridgehead atoms. The lowest BCUT2D eigenvalue weighted by Gasteiger charge is -2.28. The van der Waals surface area contributed by atoms with E-state index in [9.17, 15) is 9.59 Å². The Morgan fingerprint density at radius 2 is 2.02 bits per heavy atom. The Balaban J connectivity index is 1.38. The molecule has 1 saturated heterocycles. The van der Waals surface area contributed by atoms with Crippen LogP contribution in [0.15, 0.2) is 48.8 Å². The second-order valence-electron chi connectivity index (χ2n) is 9.78. The van der Waals surface area contributed by atoms with E-state index in [2.05, 4.69) is 31.5 Å². The van der Waals surface area contributed by atoms with Gasteiger partial charge in [-0.1, -0.05) is 12.1 Å². The van der Waals surface area contributed by atoms with Gasteiger partial charge in [0.2, 0.25) is 5.91 Å². The van der Waals surface area contributed by atoms with Crippen LogP contribution < -0.4 is 20.6 Å². The fraction of sp³-hybridized carbons (Fsp3) is 0.286. The van der Waals surface area contributed by atoms with Crippen LogP contribution in [0.2, 0.25) is 0 Å². The summed E-state index contributed by atoms with van der Waals surface area (Å²) >= 11 is 1.62.